The summed E-state index contributed by atoms with van der Waals surface area (Å²) in [6.07, 6.45) is 0. The molecular weight excluding hydrogens is 224 g/mol. The maximum absolute atomic E-state index is 6.80. The minimum atomic E-state index is -3.67. The van der Waals surface area contributed by atoms with Gasteiger partial charge in [-0.2, -0.15) is 0 Å². The summed E-state index contributed by atoms with van der Waals surface area (Å²) in [4.78, 5) is 0. The van der Waals surface area contributed by atoms with E-state index in [9.17, 15) is 0 Å². The van der Waals surface area contributed by atoms with Crippen LogP contribution in [0.25, 0.3) is 0 Å². The predicted octanol–water partition coefficient (Wildman–Crippen LogP) is -0.143. The zero-order valence-electron chi connectivity index (χ0n) is 4.41. The summed E-state index contributed by atoms with van der Waals surface area (Å²) in [6.45, 7) is 0. The molecule has 0 unspecified atom stereocenters. The second kappa shape index (κ2) is 2.76. The van der Waals surface area contributed by atoms with Gasteiger partial charge in [-0.15, -0.1) is 0 Å². The summed E-state index contributed by atoms with van der Waals surface area (Å²) in [7, 11) is 10.9. The third-order valence-corrected chi connectivity index (χ3v) is 7.75. The maximum atomic E-state index is 6.80. The normalized spacial score (nSPS) is 10.9. The Bertz CT molecular complexity index is 139. The first-order valence-corrected chi connectivity index (χ1v) is 9.57. The molecule has 0 spiro atoms. The van der Waals surface area contributed by atoms with Crippen molar-refractivity contribution in [1.29, 1.82) is 10.8 Å². The Hall–Kier alpha value is 0.0629. The Balaban J connectivity index is 4.38. The van der Waals surface area contributed by atoms with Gasteiger partial charge in [-0.1, -0.05) is 0 Å². The van der Waals surface area contributed by atoms with Crippen LogP contribution in [0.4, 0.5) is 0 Å². The van der Waals surface area contributed by atoms with Crippen LogP contribution < -0.4 is 11.5 Å². The van der Waals surface area contributed by atoms with Crippen molar-refractivity contribution in [2.75, 3.05) is 0 Å². The predicted molar refractivity (Wildman–Crippen MR) is 41.3 cm³/mol. The van der Waals surface area contributed by atoms with E-state index >= 15 is 0 Å². The standard InChI is InChI=1S/C2H6Cl2GeN4/c3-5(4,1(6)7)2(8)9/h(H3,6,7)(H3,8,9). The number of nitrogens with two attached hydrogens (primary N) is 2. The average molecular weight is 230 g/mol. The Morgan fingerprint density at radius 2 is 1.33 bits per heavy atom. The molecule has 4 nitrogen and oxygen atoms in total. The van der Waals surface area contributed by atoms with Gasteiger partial charge < -0.3 is 0 Å². The zero-order chi connectivity index (χ0) is 7.65. The first kappa shape index (κ1) is 9.06. The molecule has 0 atom stereocenters. The van der Waals surface area contributed by atoms with Gasteiger partial charge in [-0.3, -0.25) is 0 Å². The van der Waals surface area contributed by atoms with E-state index in [1.807, 2.05) is 0 Å². The van der Waals surface area contributed by atoms with Crippen molar-refractivity contribution in [3.05, 3.63) is 0 Å². The summed E-state index contributed by atoms with van der Waals surface area (Å²) in [5, 5.41) is 13.6. The van der Waals surface area contributed by atoms with Crippen molar-refractivity contribution in [3.8, 4) is 0 Å². The van der Waals surface area contributed by atoms with E-state index in [-0.39, 0.29) is 9.34 Å². The molecule has 6 N–H and O–H groups in total. The first-order valence-electron chi connectivity index (χ1n) is 1.96. The van der Waals surface area contributed by atoms with E-state index in [0.29, 0.717) is 0 Å². The number of amidine groups is 2. The molecule has 0 aliphatic carbocycles. The average Bonchev–Trinajstić information content (AvgIpc) is 1.65. The second-order valence-electron chi connectivity index (χ2n) is 1.40. The molecule has 0 amide bonds. The van der Waals surface area contributed by atoms with Gasteiger partial charge in [0.05, 0.1) is 0 Å². The van der Waals surface area contributed by atoms with Crippen LogP contribution >= 0.6 is 20.0 Å². The van der Waals surface area contributed by atoms with Gasteiger partial charge in [0.2, 0.25) is 0 Å². The molecule has 0 heterocycles. The zero-order valence-corrected chi connectivity index (χ0v) is 8.02. The molecule has 0 aromatic carbocycles. The molecule has 0 saturated heterocycles. The fourth-order valence-corrected chi connectivity index (χ4v) is 0.754. The molecule has 0 radical (unpaired) electrons. The number of rotatable bonds is 2. The molecule has 52 valence electrons. The number of hydrogen-bond donors (Lipinski definition) is 4. The third kappa shape index (κ3) is 2.04. The SMILES string of the molecule is N=[C](N)[Ge]([Cl])([Cl])[C](=N)N. The Labute approximate surface area is 63.2 Å². The van der Waals surface area contributed by atoms with Gasteiger partial charge in [0, 0.05) is 0 Å². The fraction of sp³-hybridized carbons (Fsp3) is 0. The molecule has 0 rings (SSSR count). The Kier molecular flexibility index (Phi) is 2.78. The van der Waals surface area contributed by atoms with Crippen LogP contribution in [-0.2, 0) is 0 Å². The summed E-state index contributed by atoms with van der Waals surface area (Å²) in [6, 6.07) is 0. The van der Waals surface area contributed by atoms with Gasteiger partial charge in [0.1, 0.15) is 0 Å². The molecule has 0 bridgehead atoms. The molecule has 9 heavy (non-hydrogen) atoms. The molecule has 0 aliphatic heterocycles. The van der Waals surface area contributed by atoms with Crippen LogP contribution in [0.15, 0.2) is 0 Å². The fourth-order valence-electron chi connectivity index (χ4n) is 0.145. The van der Waals surface area contributed by atoms with E-state index in [2.05, 4.69) is 0 Å². The third-order valence-electron chi connectivity index (χ3n) is 0.677. The summed E-state index contributed by atoms with van der Waals surface area (Å²) < 4.78 is -0.711. The van der Waals surface area contributed by atoms with E-state index in [4.69, 9.17) is 42.3 Å². The van der Waals surface area contributed by atoms with Crippen LogP contribution in [0.1, 0.15) is 0 Å². The number of hydrogen-bond acceptors (Lipinski definition) is 2. The van der Waals surface area contributed by atoms with Crippen LogP contribution in [0, 0.1) is 10.8 Å². The van der Waals surface area contributed by atoms with Crippen molar-refractivity contribution < 1.29 is 0 Å². The van der Waals surface area contributed by atoms with E-state index in [0.717, 1.165) is 0 Å². The van der Waals surface area contributed by atoms with Crippen molar-refractivity contribution in [3.63, 3.8) is 0 Å². The minimum absolute atomic E-state index is 0.356. The topological polar surface area (TPSA) is 99.7 Å². The summed E-state index contributed by atoms with van der Waals surface area (Å²) in [5.41, 5.74) is 9.91. The molecule has 7 heteroatoms. The van der Waals surface area contributed by atoms with Gasteiger partial charge in [0.25, 0.3) is 0 Å². The van der Waals surface area contributed by atoms with Gasteiger partial charge >= 0.3 is 63.0 Å². The van der Waals surface area contributed by atoms with Crippen molar-refractivity contribution in [2.45, 2.75) is 0 Å². The van der Waals surface area contributed by atoms with Gasteiger partial charge in [0.15, 0.2) is 0 Å². The molecular formula is C2H6Cl2GeN4. The van der Waals surface area contributed by atoms with E-state index in [1.165, 1.54) is 0 Å². The van der Waals surface area contributed by atoms with E-state index in [1.54, 1.807) is 0 Å². The van der Waals surface area contributed by atoms with Crippen LogP contribution in [0.2, 0.25) is 0 Å². The van der Waals surface area contributed by atoms with Crippen molar-refractivity contribution >= 4 is 40.8 Å². The molecule has 0 aliphatic rings. The van der Waals surface area contributed by atoms with Gasteiger partial charge in [-0.25, -0.2) is 0 Å². The molecule has 0 aromatic heterocycles. The first-order chi connectivity index (χ1) is 3.89. The quantitative estimate of drug-likeness (QED) is 0.301. The monoisotopic (exact) mass is 230 g/mol. The van der Waals surface area contributed by atoms with Crippen LogP contribution in [-0.4, -0.2) is 20.7 Å². The molecule has 0 fully saturated rings. The Morgan fingerprint density at radius 1 is 1.11 bits per heavy atom. The second-order valence-corrected chi connectivity index (χ2v) is 13.0. The number of halogens is 2. The summed E-state index contributed by atoms with van der Waals surface area (Å²) >= 11 is -3.67. The Morgan fingerprint density at radius 3 is 1.33 bits per heavy atom. The molecule has 0 saturated carbocycles. The molecule has 0 aromatic rings. The van der Waals surface area contributed by atoms with E-state index < -0.39 is 11.4 Å². The summed E-state index contributed by atoms with van der Waals surface area (Å²) in [5.74, 6) is 0. The number of nitrogens with one attached hydrogen (secondary N) is 2. The van der Waals surface area contributed by atoms with Crippen LogP contribution in [0.5, 0.6) is 0 Å². The van der Waals surface area contributed by atoms with Crippen molar-refractivity contribution in [1.82, 2.24) is 0 Å². The van der Waals surface area contributed by atoms with Gasteiger partial charge in [-0.05, 0) is 0 Å². The van der Waals surface area contributed by atoms with Crippen LogP contribution in [0.3, 0.4) is 0 Å². The van der Waals surface area contributed by atoms with Crippen molar-refractivity contribution in [2.24, 2.45) is 11.5 Å².